The zero-order valence-corrected chi connectivity index (χ0v) is 20.4. The van der Waals surface area contributed by atoms with Crippen LogP contribution in [0.1, 0.15) is 46.5 Å². The van der Waals surface area contributed by atoms with Crippen LogP contribution in [0.5, 0.6) is 0 Å². The van der Waals surface area contributed by atoms with Crippen LogP contribution in [0, 0.1) is 10.8 Å². The van der Waals surface area contributed by atoms with Crippen molar-refractivity contribution in [3.8, 4) is 0 Å². The van der Waals surface area contributed by atoms with Crippen LogP contribution in [0.3, 0.4) is 0 Å². The molecule has 0 radical (unpaired) electrons. The average Bonchev–Trinajstić information content (AvgIpc) is 3.60. The van der Waals surface area contributed by atoms with Gasteiger partial charge >= 0.3 is 17.9 Å². The van der Waals surface area contributed by atoms with E-state index in [2.05, 4.69) is 19.9 Å². The number of carbonyl (C=O) groups excluding carboxylic acids is 3. The Hall–Kier alpha value is -2.71. The number of hydrogen-bond acceptors (Lipinski definition) is 8. The van der Waals surface area contributed by atoms with Gasteiger partial charge in [-0.1, -0.05) is 36.8 Å². The van der Waals surface area contributed by atoms with Crippen molar-refractivity contribution in [1.29, 1.82) is 0 Å². The Bertz CT molecular complexity index is 1050. The molecule has 5 aliphatic rings. The van der Waals surface area contributed by atoms with Crippen molar-refractivity contribution in [2.75, 3.05) is 19.8 Å². The summed E-state index contributed by atoms with van der Waals surface area (Å²) >= 11 is 0. The van der Waals surface area contributed by atoms with Crippen LogP contribution in [0.25, 0.3) is 0 Å². The highest BCUT2D eigenvalue weighted by molar-refractivity contribution is 5.84. The number of epoxide rings is 1. The van der Waals surface area contributed by atoms with Gasteiger partial charge in [-0.25, -0.2) is 9.59 Å². The van der Waals surface area contributed by atoms with Gasteiger partial charge in [0, 0.05) is 24.0 Å². The Labute approximate surface area is 204 Å². The van der Waals surface area contributed by atoms with E-state index in [-0.39, 0.29) is 37.8 Å². The molecule has 188 valence electrons. The van der Waals surface area contributed by atoms with Crippen molar-refractivity contribution in [2.24, 2.45) is 10.8 Å². The van der Waals surface area contributed by atoms with E-state index in [1.807, 2.05) is 0 Å². The molecule has 5 rings (SSSR count). The van der Waals surface area contributed by atoms with Gasteiger partial charge in [-0.3, -0.25) is 4.79 Å². The molecule has 3 fully saturated rings. The number of cyclic esters (lactones) is 2. The van der Waals surface area contributed by atoms with Gasteiger partial charge in [-0.2, -0.15) is 0 Å². The lowest BCUT2D eigenvalue weighted by Crippen LogP contribution is -2.66. The molecule has 0 aromatic carbocycles. The molecule has 2 spiro atoms. The predicted octanol–water partition coefficient (Wildman–Crippen LogP) is 3.12. The maximum Gasteiger partial charge on any atom is 0.331 e. The van der Waals surface area contributed by atoms with Gasteiger partial charge in [0.15, 0.2) is 0 Å². The van der Waals surface area contributed by atoms with E-state index < -0.39 is 34.5 Å². The van der Waals surface area contributed by atoms with Gasteiger partial charge in [-0.05, 0) is 32.3 Å². The number of esters is 3. The summed E-state index contributed by atoms with van der Waals surface area (Å²) in [5.74, 6) is -1.43. The zero-order chi connectivity index (χ0) is 24.8. The van der Waals surface area contributed by atoms with Crippen LogP contribution in [0.4, 0.5) is 0 Å². The summed E-state index contributed by atoms with van der Waals surface area (Å²) in [5.41, 5.74) is 0.211. The largest absolute Gasteiger partial charge is 0.465 e. The first-order valence-corrected chi connectivity index (χ1v) is 12.2. The molecule has 6 atom stereocenters. The molecule has 3 heterocycles. The molecule has 0 N–H and O–H groups in total. The monoisotopic (exact) mass is 484 g/mol. The van der Waals surface area contributed by atoms with E-state index in [4.69, 9.17) is 23.7 Å². The molecule has 35 heavy (non-hydrogen) atoms. The first kappa shape index (κ1) is 24.0. The molecule has 0 aromatic heterocycles. The van der Waals surface area contributed by atoms with Gasteiger partial charge in [0.05, 0.1) is 30.7 Å². The molecule has 2 bridgehead atoms. The molecule has 6 unspecified atom stereocenters. The van der Waals surface area contributed by atoms with Crippen molar-refractivity contribution in [3.63, 3.8) is 0 Å². The molecule has 0 amide bonds. The standard InChI is InChI=1S/C27H32O8/c1-17-10-11-26-15-32-23(29)9-8-18(2)14-31-22(28)6-4-5-7-24(30)35-19-13-21(34-20(26)12-17)27(16-33-27)25(19,26)3/h4-8,12,19-21H,9-11,13-16H2,1-3H3. The van der Waals surface area contributed by atoms with Crippen molar-refractivity contribution in [3.05, 3.63) is 47.6 Å². The smallest absolute Gasteiger partial charge is 0.331 e. The highest BCUT2D eigenvalue weighted by atomic mass is 16.6. The third-order valence-corrected chi connectivity index (χ3v) is 8.60. The van der Waals surface area contributed by atoms with Gasteiger partial charge in [0.1, 0.15) is 24.9 Å². The Morgan fingerprint density at radius 3 is 2.43 bits per heavy atom. The topological polar surface area (TPSA) is 101 Å². The molecule has 3 aliphatic heterocycles. The Morgan fingerprint density at radius 2 is 1.69 bits per heavy atom. The number of hydrogen-bond donors (Lipinski definition) is 0. The minimum atomic E-state index is -0.606. The summed E-state index contributed by atoms with van der Waals surface area (Å²) in [7, 11) is 0. The van der Waals surface area contributed by atoms with Crippen LogP contribution >= 0.6 is 0 Å². The third-order valence-electron chi connectivity index (χ3n) is 8.60. The van der Waals surface area contributed by atoms with E-state index >= 15 is 0 Å². The second-order valence-corrected chi connectivity index (χ2v) is 10.5. The minimum Gasteiger partial charge on any atom is -0.465 e. The maximum atomic E-state index is 12.8. The lowest BCUT2D eigenvalue weighted by atomic mass is 9.51. The summed E-state index contributed by atoms with van der Waals surface area (Å²) in [6, 6.07) is 0. The minimum absolute atomic E-state index is 0.0626. The van der Waals surface area contributed by atoms with E-state index in [1.165, 1.54) is 29.9 Å². The number of ether oxygens (including phenoxy) is 5. The Balaban J connectivity index is 1.52. The molecule has 1 saturated carbocycles. The molecule has 0 aromatic rings. The fourth-order valence-electron chi connectivity index (χ4n) is 6.40. The quantitative estimate of drug-likeness (QED) is 0.224. The zero-order valence-electron chi connectivity index (χ0n) is 20.4. The lowest BCUT2D eigenvalue weighted by Gasteiger charge is -2.58. The number of carbonyl (C=O) groups is 3. The Kier molecular flexibility index (Phi) is 6.00. The normalized spacial score (nSPS) is 41.6. The van der Waals surface area contributed by atoms with Gasteiger partial charge in [0.2, 0.25) is 0 Å². The first-order chi connectivity index (χ1) is 16.7. The maximum absolute atomic E-state index is 12.8. The van der Waals surface area contributed by atoms with E-state index in [0.717, 1.165) is 18.4 Å². The van der Waals surface area contributed by atoms with E-state index in [9.17, 15) is 14.4 Å². The fraction of sp³-hybridized carbons (Fsp3) is 0.593. The summed E-state index contributed by atoms with van der Waals surface area (Å²) in [4.78, 5) is 37.4. The second-order valence-electron chi connectivity index (χ2n) is 10.5. The number of rotatable bonds is 0. The summed E-state index contributed by atoms with van der Waals surface area (Å²) < 4.78 is 29.7. The molecule has 2 aliphatic carbocycles. The van der Waals surface area contributed by atoms with Crippen molar-refractivity contribution >= 4 is 17.9 Å². The van der Waals surface area contributed by atoms with E-state index in [0.29, 0.717) is 13.0 Å². The molecule has 8 nitrogen and oxygen atoms in total. The van der Waals surface area contributed by atoms with E-state index in [1.54, 1.807) is 13.0 Å². The van der Waals surface area contributed by atoms with Crippen LogP contribution in [-0.4, -0.2) is 61.6 Å². The van der Waals surface area contributed by atoms with Crippen LogP contribution in [-0.2, 0) is 38.1 Å². The van der Waals surface area contributed by atoms with Crippen LogP contribution in [0.2, 0.25) is 0 Å². The molecular formula is C27H32O8. The lowest BCUT2D eigenvalue weighted by molar-refractivity contribution is -0.232. The number of allylic oxidation sites excluding steroid dienone is 3. The summed E-state index contributed by atoms with van der Waals surface area (Å²) in [6.07, 6.45) is 10.5. The fourth-order valence-corrected chi connectivity index (χ4v) is 6.40. The van der Waals surface area contributed by atoms with Gasteiger partial charge in [-0.15, -0.1) is 0 Å². The molecule has 8 heteroatoms. The molecular weight excluding hydrogens is 452 g/mol. The summed E-state index contributed by atoms with van der Waals surface area (Å²) in [5, 5.41) is 0. The SMILES string of the molecule is CC1=CC2OC3CC4OC(=O)C=CC=CC(=O)OCC(C)=CCC(=O)OCC2(CC1)C4(C)C31CO1. The highest BCUT2D eigenvalue weighted by Gasteiger charge is 2.83. The Morgan fingerprint density at radius 1 is 0.943 bits per heavy atom. The molecule has 2 saturated heterocycles. The predicted molar refractivity (Wildman–Crippen MR) is 124 cm³/mol. The van der Waals surface area contributed by atoms with Crippen molar-refractivity contribution in [1.82, 2.24) is 0 Å². The van der Waals surface area contributed by atoms with Gasteiger partial charge < -0.3 is 23.7 Å². The van der Waals surface area contributed by atoms with Crippen LogP contribution in [0.15, 0.2) is 47.6 Å². The summed E-state index contributed by atoms with van der Waals surface area (Å²) in [6.45, 7) is 6.71. The third kappa shape index (κ3) is 3.87. The average molecular weight is 485 g/mol. The highest BCUT2D eigenvalue weighted by Crippen LogP contribution is 2.72. The first-order valence-electron chi connectivity index (χ1n) is 12.2. The van der Waals surface area contributed by atoms with Crippen LogP contribution < -0.4 is 0 Å². The van der Waals surface area contributed by atoms with Gasteiger partial charge in [0.25, 0.3) is 0 Å². The van der Waals surface area contributed by atoms with Crippen molar-refractivity contribution in [2.45, 2.75) is 70.4 Å². The van der Waals surface area contributed by atoms with Crippen molar-refractivity contribution < 1.29 is 38.1 Å². The second kappa shape index (κ2) is 8.75.